The monoisotopic (exact) mass is 229 g/mol. The molecule has 0 aromatic rings. The quantitative estimate of drug-likeness (QED) is 0.168. The number of aliphatic hydroxyl groups is 1. The van der Waals surface area contributed by atoms with E-state index in [0.717, 1.165) is 6.66 Å². The summed E-state index contributed by atoms with van der Waals surface area (Å²) >= 11 is 0. The van der Waals surface area contributed by atoms with Crippen LogP contribution in [-0.2, 0) is 18.9 Å². The van der Waals surface area contributed by atoms with Crippen molar-refractivity contribution in [3.05, 3.63) is 0 Å². The fraction of sp³-hybridized carbons (Fsp3) is 0.800. The number of aliphatic hydroxyl groups excluding tert-OH is 1. The van der Waals surface area contributed by atoms with Crippen LogP contribution in [0.15, 0.2) is 0 Å². The SMILES string of the molecule is CP(=O)(O)OOCC(O)CN(O)C=O. The summed E-state index contributed by atoms with van der Waals surface area (Å²) in [6.07, 6.45) is -1.11. The van der Waals surface area contributed by atoms with Crippen LogP contribution in [0.4, 0.5) is 0 Å². The maximum atomic E-state index is 10.5. The summed E-state index contributed by atoms with van der Waals surface area (Å²) < 4.78 is 14.5. The zero-order chi connectivity index (χ0) is 11.2. The van der Waals surface area contributed by atoms with Gasteiger partial charge in [0.25, 0.3) is 0 Å². The van der Waals surface area contributed by atoms with E-state index in [1.165, 1.54) is 0 Å². The Bertz CT molecular complexity index is 216. The number of carbonyl (C=O) groups excluding carboxylic acids is 1. The fourth-order valence-electron chi connectivity index (χ4n) is 0.518. The van der Waals surface area contributed by atoms with Crippen molar-refractivity contribution in [3.8, 4) is 0 Å². The Morgan fingerprint density at radius 2 is 2.21 bits per heavy atom. The molecule has 0 fully saturated rings. The maximum absolute atomic E-state index is 10.5. The second-order valence-electron chi connectivity index (χ2n) is 2.54. The summed E-state index contributed by atoms with van der Waals surface area (Å²) in [5.74, 6) is 0. The van der Waals surface area contributed by atoms with Crippen LogP contribution in [0.3, 0.4) is 0 Å². The van der Waals surface area contributed by atoms with E-state index in [1.807, 2.05) is 0 Å². The van der Waals surface area contributed by atoms with Gasteiger partial charge in [-0.05, 0) is 0 Å². The number of rotatable bonds is 7. The van der Waals surface area contributed by atoms with Crippen LogP contribution in [0.25, 0.3) is 0 Å². The van der Waals surface area contributed by atoms with Crippen LogP contribution in [-0.4, -0.2) is 52.6 Å². The molecule has 0 aliphatic carbocycles. The molecule has 8 nitrogen and oxygen atoms in total. The van der Waals surface area contributed by atoms with Crippen molar-refractivity contribution in [2.75, 3.05) is 19.8 Å². The average molecular weight is 229 g/mol. The Labute approximate surface area is 80.1 Å². The standard InChI is InChI=1S/C5H12NO7P/c1-14(10,11)13-12-3-5(8)2-6(9)4-7/h4-5,8-9H,2-3H2,1H3,(H,10,11). The van der Waals surface area contributed by atoms with Crippen LogP contribution in [0, 0.1) is 0 Å². The number of hydroxylamine groups is 2. The molecule has 14 heavy (non-hydrogen) atoms. The summed E-state index contributed by atoms with van der Waals surface area (Å²) in [5.41, 5.74) is 0. The van der Waals surface area contributed by atoms with Gasteiger partial charge in [-0.1, -0.05) is 0 Å². The lowest BCUT2D eigenvalue weighted by molar-refractivity contribution is -0.233. The zero-order valence-electron chi connectivity index (χ0n) is 7.44. The topological polar surface area (TPSA) is 117 Å². The Hall–Kier alpha value is -0.500. The van der Waals surface area contributed by atoms with Crippen LogP contribution in [0.1, 0.15) is 0 Å². The van der Waals surface area contributed by atoms with Crippen LogP contribution in [0.5, 0.6) is 0 Å². The Kier molecular flexibility index (Phi) is 5.86. The van der Waals surface area contributed by atoms with E-state index >= 15 is 0 Å². The van der Waals surface area contributed by atoms with Gasteiger partial charge in [-0.2, -0.15) is 0 Å². The van der Waals surface area contributed by atoms with Crippen molar-refractivity contribution < 1.29 is 34.1 Å². The van der Waals surface area contributed by atoms with E-state index in [9.17, 15) is 9.36 Å². The number of amides is 1. The molecule has 0 aromatic heterocycles. The molecule has 3 N–H and O–H groups in total. The average Bonchev–Trinajstić information content (AvgIpc) is 2.01. The molecular formula is C5H12NO7P. The molecule has 9 heteroatoms. The molecule has 0 rings (SSSR count). The van der Waals surface area contributed by atoms with E-state index < -0.39 is 20.3 Å². The van der Waals surface area contributed by atoms with E-state index in [0.29, 0.717) is 0 Å². The first-order chi connectivity index (χ1) is 6.35. The van der Waals surface area contributed by atoms with Gasteiger partial charge in [0, 0.05) is 6.66 Å². The van der Waals surface area contributed by atoms with Crippen LogP contribution < -0.4 is 0 Å². The molecule has 0 radical (unpaired) electrons. The van der Waals surface area contributed by atoms with Crippen molar-refractivity contribution in [1.29, 1.82) is 0 Å². The van der Waals surface area contributed by atoms with Gasteiger partial charge < -0.3 is 10.00 Å². The fourth-order valence-corrected chi connectivity index (χ4v) is 0.775. The molecule has 0 aliphatic heterocycles. The third-order valence-electron chi connectivity index (χ3n) is 0.971. The minimum atomic E-state index is -3.74. The second-order valence-corrected chi connectivity index (χ2v) is 4.30. The molecule has 0 aromatic carbocycles. The van der Waals surface area contributed by atoms with Gasteiger partial charge in [0.05, 0.1) is 6.54 Å². The highest BCUT2D eigenvalue weighted by atomic mass is 31.2. The summed E-state index contributed by atoms with van der Waals surface area (Å²) in [6, 6.07) is 0. The molecule has 0 spiro atoms. The first kappa shape index (κ1) is 13.5. The molecule has 84 valence electrons. The van der Waals surface area contributed by atoms with Crippen LogP contribution in [0.2, 0.25) is 0 Å². The smallest absolute Gasteiger partial charge is 0.352 e. The predicted molar refractivity (Wildman–Crippen MR) is 43.3 cm³/mol. The molecule has 2 atom stereocenters. The Morgan fingerprint density at radius 1 is 1.64 bits per heavy atom. The van der Waals surface area contributed by atoms with Gasteiger partial charge in [0.1, 0.15) is 12.7 Å². The van der Waals surface area contributed by atoms with Crippen LogP contribution >= 0.6 is 7.60 Å². The Morgan fingerprint density at radius 3 is 2.64 bits per heavy atom. The van der Waals surface area contributed by atoms with Gasteiger partial charge in [0.2, 0.25) is 6.41 Å². The van der Waals surface area contributed by atoms with Gasteiger partial charge in [-0.15, -0.1) is 4.67 Å². The van der Waals surface area contributed by atoms with Crippen molar-refractivity contribution in [1.82, 2.24) is 5.06 Å². The molecule has 0 heterocycles. The molecule has 0 saturated carbocycles. The van der Waals surface area contributed by atoms with E-state index in [1.54, 1.807) is 0 Å². The number of nitrogens with zero attached hydrogens (tertiary/aromatic N) is 1. The summed E-state index contributed by atoms with van der Waals surface area (Å²) in [4.78, 5) is 22.6. The molecule has 2 unspecified atom stereocenters. The summed E-state index contributed by atoms with van der Waals surface area (Å²) in [5, 5.41) is 17.8. The van der Waals surface area contributed by atoms with Gasteiger partial charge in [-0.3, -0.25) is 14.6 Å². The lowest BCUT2D eigenvalue weighted by Gasteiger charge is -2.14. The van der Waals surface area contributed by atoms with E-state index in [4.69, 9.17) is 15.2 Å². The number of hydrogen-bond donors (Lipinski definition) is 3. The maximum Gasteiger partial charge on any atom is 0.352 e. The third kappa shape index (κ3) is 8.11. The first-order valence-corrected chi connectivity index (χ1v) is 5.58. The van der Waals surface area contributed by atoms with Gasteiger partial charge >= 0.3 is 7.60 Å². The van der Waals surface area contributed by atoms with E-state index in [2.05, 4.69) is 9.56 Å². The first-order valence-electron chi connectivity index (χ1n) is 3.55. The lowest BCUT2D eigenvalue weighted by atomic mass is 10.4. The highest BCUT2D eigenvalue weighted by Crippen LogP contribution is 2.36. The normalized spacial score (nSPS) is 17.1. The molecular weight excluding hydrogens is 217 g/mol. The van der Waals surface area contributed by atoms with Crippen molar-refractivity contribution in [2.45, 2.75) is 6.10 Å². The van der Waals surface area contributed by atoms with E-state index in [-0.39, 0.29) is 18.0 Å². The minimum absolute atomic E-state index is 0.0981. The second kappa shape index (κ2) is 6.07. The van der Waals surface area contributed by atoms with Gasteiger partial charge in [0.15, 0.2) is 0 Å². The third-order valence-corrected chi connectivity index (χ3v) is 1.35. The van der Waals surface area contributed by atoms with Crippen molar-refractivity contribution in [3.63, 3.8) is 0 Å². The van der Waals surface area contributed by atoms with Crippen molar-refractivity contribution in [2.24, 2.45) is 0 Å². The van der Waals surface area contributed by atoms with Crippen molar-refractivity contribution >= 4 is 14.0 Å². The highest BCUT2D eigenvalue weighted by Gasteiger charge is 2.14. The summed E-state index contributed by atoms with van der Waals surface area (Å²) in [7, 11) is -3.74. The largest absolute Gasteiger partial charge is 0.389 e. The molecule has 1 amide bonds. The molecule has 0 aliphatic rings. The number of carbonyl (C=O) groups is 1. The number of hydrogen-bond acceptors (Lipinski definition) is 6. The minimum Gasteiger partial charge on any atom is -0.389 e. The zero-order valence-corrected chi connectivity index (χ0v) is 8.33. The molecule has 0 saturated heterocycles. The predicted octanol–water partition coefficient (Wildman–Crippen LogP) is -1.04. The Balaban J connectivity index is 3.59. The van der Waals surface area contributed by atoms with Gasteiger partial charge in [-0.25, -0.2) is 9.95 Å². The lowest BCUT2D eigenvalue weighted by Crippen LogP contribution is -2.31. The molecule has 0 bridgehead atoms. The highest BCUT2D eigenvalue weighted by molar-refractivity contribution is 7.51. The summed E-state index contributed by atoms with van der Waals surface area (Å²) in [6.45, 7) is 0.0821.